The number of aliphatic hydroxyl groups excluding tert-OH is 1. The molecule has 3 nitrogen and oxygen atoms in total. The van der Waals surface area contributed by atoms with E-state index in [4.69, 9.17) is 5.11 Å². The Labute approximate surface area is 118 Å². The van der Waals surface area contributed by atoms with E-state index in [1.165, 1.54) is 12.1 Å². The molecule has 1 fully saturated rings. The summed E-state index contributed by atoms with van der Waals surface area (Å²) in [5, 5.41) is 8.68. The molecule has 1 heterocycles. The lowest BCUT2D eigenvalue weighted by molar-refractivity contribution is -0.128. The highest BCUT2D eigenvalue weighted by Gasteiger charge is 2.26. The molecule has 0 saturated carbocycles. The largest absolute Gasteiger partial charge is 0.395 e. The minimum absolute atomic E-state index is 0.00462. The maximum atomic E-state index is 13.6. The summed E-state index contributed by atoms with van der Waals surface area (Å²) in [5.41, 5.74) is 1.33. The molecule has 0 radical (unpaired) electrons. The zero-order valence-electron chi connectivity index (χ0n) is 11.5. The van der Waals surface area contributed by atoms with Crippen LogP contribution in [-0.4, -0.2) is 29.1 Å². The van der Waals surface area contributed by atoms with E-state index in [9.17, 15) is 9.18 Å². The first-order chi connectivity index (χ1) is 9.58. The van der Waals surface area contributed by atoms with Crippen LogP contribution >= 0.6 is 0 Å². The molecule has 20 heavy (non-hydrogen) atoms. The highest BCUT2D eigenvalue weighted by Crippen LogP contribution is 2.20. The Kier molecular flexibility index (Phi) is 4.75. The van der Waals surface area contributed by atoms with Crippen LogP contribution in [0.15, 0.2) is 18.2 Å². The van der Waals surface area contributed by atoms with Crippen molar-refractivity contribution in [2.75, 3.05) is 13.2 Å². The molecule has 4 heteroatoms. The molecular formula is C16H18FNO2. The van der Waals surface area contributed by atoms with Crippen LogP contribution in [0.2, 0.25) is 0 Å². The number of carbonyl (C=O) groups is 1. The molecule has 1 atom stereocenters. The van der Waals surface area contributed by atoms with Crippen LogP contribution in [0.3, 0.4) is 0 Å². The molecule has 0 aromatic heterocycles. The Bertz CT molecular complexity index is 559. The molecule has 1 saturated heterocycles. The van der Waals surface area contributed by atoms with Crippen LogP contribution in [0.5, 0.6) is 0 Å². The second-order valence-electron chi connectivity index (χ2n) is 5.21. The Balaban J connectivity index is 2.12. The van der Waals surface area contributed by atoms with Crippen LogP contribution in [0, 0.1) is 23.6 Å². The third-order valence-electron chi connectivity index (χ3n) is 3.21. The third kappa shape index (κ3) is 3.82. The molecule has 1 N–H and O–H groups in total. The minimum Gasteiger partial charge on any atom is -0.395 e. The number of nitrogens with zero attached hydrogens (tertiary/aromatic N) is 1. The van der Waals surface area contributed by atoms with Crippen LogP contribution < -0.4 is 0 Å². The highest BCUT2D eigenvalue weighted by molar-refractivity contribution is 5.78. The van der Waals surface area contributed by atoms with Gasteiger partial charge in [-0.1, -0.05) is 18.8 Å². The Hall–Kier alpha value is -1.86. The number of hydrogen-bond donors (Lipinski definition) is 1. The van der Waals surface area contributed by atoms with Crippen molar-refractivity contribution in [2.24, 2.45) is 5.92 Å². The summed E-state index contributed by atoms with van der Waals surface area (Å²) in [6.45, 7) is 3.18. The summed E-state index contributed by atoms with van der Waals surface area (Å²) < 4.78 is 13.6. The zero-order chi connectivity index (χ0) is 14.5. The van der Waals surface area contributed by atoms with E-state index in [0.717, 1.165) is 12.1 Å². The lowest BCUT2D eigenvalue weighted by Crippen LogP contribution is -2.24. The topological polar surface area (TPSA) is 40.5 Å². The van der Waals surface area contributed by atoms with Gasteiger partial charge in [-0.05, 0) is 29.7 Å². The SMILES string of the molecule is CC1CC(=O)N(Cc2cc(F)cc(C#CCCO)c2)C1. The van der Waals surface area contributed by atoms with Crippen molar-refractivity contribution in [3.8, 4) is 11.8 Å². The lowest BCUT2D eigenvalue weighted by atomic mass is 10.1. The summed E-state index contributed by atoms with van der Waals surface area (Å²) >= 11 is 0. The van der Waals surface area contributed by atoms with Gasteiger partial charge < -0.3 is 10.0 Å². The van der Waals surface area contributed by atoms with Gasteiger partial charge >= 0.3 is 0 Å². The molecule has 106 valence electrons. The van der Waals surface area contributed by atoms with Crippen molar-refractivity contribution < 1.29 is 14.3 Å². The first-order valence-corrected chi connectivity index (χ1v) is 6.75. The molecule has 1 aromatic carbocycles. The number of aliphatic hydroxyl groups is 1. The Morgan fingerprint density at radius 3 is 2.90 bits per heavy atom. The molecule has 0 aliphatic carbocycles. The van der Waals surface area contributed by atoms with Crippen molar-refractivity contribution >= 4 is 5.91 Å². The van der Waals surface area contributed by atoms with Gasteiger partial charge in [-0.25, -0.2) is 4.39 Å². The molecule has 1 aliphatic heterocycles. The van der Waals surface area contributed by atoms with Gasteiger partial charge in [0.2, 0.25) is 5.91 Å². The zero-order valence-corrected chi connectivity index (χ0v) is 11.5. The highest BCUT2D eigenvalue weighted by atomic mass is 19.1. The molecule has 1 aromatic rings. The van der Waals surface area contributed by atoms with E-state index in [-0.39, 0.29) is 18.3 Å². The summed E-state index contributed by atoms with van der Waals surface area (Å²) in [5.74, 6) is 5.72. The first-order valence-electron chi connectivity index (χ1n) is 6.75. The number of carbonyl (C=O) groups excluding carboxylic acids is 1. The second-order valence-corrected chi connectivity index (χ2v) is 5.21. The molecule has 0 bridgehead atoms. The van der Waals surface area contributed by atoms with E-state index in [1.807, 2.05) is 6.92 Å². The monoisotopic (exact) mass is 275 g/mol. The van der Waals surface area contributed by atoms with Crippen LogP contribution in [0.4, 0.5) is 4.39 Å². The predicted molar refractivity (Wildman–Crippen MR) is 74.2 cm³/mol. The second kappa shape index (κ2) is 6.53. The Morgan fingerprint density at radius 2 is 2.25 bits per heavy atom. The van der Waals surface area contributed by atoms with Crippen LogP contribution in [0.1, 0.15) is 30.9 Å². The smallest absolute Gasteiger partial charge is 0.223 e. The average Bonchev–Trinajstić information content (AvgIpc) is 2.67. The maximum absolute atomic E-state index is 13.6. The summed E-state index contributed by atoms with van der Waals surface area (Å²) in [6.07, 6.45) is 0.937. The maximum Gasteiger partial charge on any atom is 0.223 e. The van der Waals surface area contributed by atoms with Crippen LogP contribution in [-0.2, 0) is 11.3 Å². The molecule has 1 unspecified atom stereocenters. The van der Waals surface area contributed by atoms with E-state index in [0.29, 0.717) is 30.9 Å². The molecule has 0 spiro atoms. The summed E-state index contributed by atoms with van der Waals surface area (Å²) in [7, 11) is 0. The van der Waals surface area contributed by atoms with Gasteiger partial charge in [0, 0.05) is 31.5 Å². The van der Waals surface area contributed by atoms with Crippen molar-refractivity contribution in [2.45, 2.75) is 26.3 Å². The first kappa shape index (κ1) is 14.5. The minimum atomic E-state index is -0.351. The van der Waals surface area contributed by atoms with Gasteiger partial charge in [0.15, 0.2) is 0 Å². The van der Waals surface area contributed by atoms with Gasteiger partial charge in [0.05, 0.1) is 6.61 Å². The number of amides is 1. The lowest BCUT2D eigenvalue weighted by Gasteiger charge is -2.16. The van der Waals surface area contributed by atoms with Crippen molar-refractivity contribution in [3.05, 3.63) is 35.1 Å². The van der Waals surface area contributed by atoms with Gasteiger partial charge in [-0.2, -0.15) is 0 Å². The van der Waals surface area contributed by atoms with Gasteiger partial charge in [0.1, 0.15) is 5.82 Å². The van der Waals surface area contributed by atoms with Gasteiger partial charge in [0.25, 0.3) is 0 Å². The predicted octanol–water partition coefficient (Wildman–Crippen LogP) is 1.93. The quantitative estimate of drug-likeness (QED) is 0.856. The molecule has 1 amide bonds. The van der Waals surface area contributed by atoms with Gasteiger partial charge in [-0.15, -0.1) is 0 Å². The fraction of sp³-hybridized carbons (Fsp3) is 0.438. The van der Waals surface area contributed by atoms with Crippen LogP contribution in [0.25, 0.3) is 0 Å². The average molecular weight is 275 g/mol. The molecular weight excluding hydrogens is 257 g/mol. The summed E-state index contributed by atoms with van der Waals surface area (Å²) in [6, 6.07) is 4.60. The number of hydrogen-bond acceptors (Lipinski definition) is 2. The van der Waals surface area contributed by atoms with E-state index < -0.39 is 0 Å². The Morgan fingerprint density at radius 1 is 1.45 bits per heavy atom. The molecule has 2 rings (SSSR count). The molecule has 1 aliphatic rings. The van der Waals surface area contributed by atoms with Crippen molar-refractivity contribution in [1.29, 1.82) is 0 Å². The fourth-order valence-electron chi connectivity index (χ4n) is 2.38. The number of likely N-dealkylation sites (tertiary alicyclic amines) is 1. The summed E-state index contributed by atoms with van der Waals surface area (Å²) in [4.78, 5) is 13.5. The van der Waals surface area contributed by atoms with E-state index in [1.54, 1.807) is 11.0 Å². The number of benzene rings is 1. The van der Waals surface area contributed by atoms with E-state index >= 15 is 0 Å². The normalized spacial score (nSPS) is 18.1. The number of halogens is 1. The van der Waals surface area contributed by atoms with Crippen molar-refractivity contribution in [3.63, 3.8) is 0 Å². The standard InChI is InChI=1S/C16H18FNO2/c1-12-6-16(20)18(10-12)11-14-7-13(4-2-3-5-19)8-15(17)9-14/h7-9,12,19H,3,5-6,10-11H2,1H3. The number of rotatable bonds is 3. The van der Waals surface area contributed by atoms with E-state index in [2.05, 4.69) is 11.8 Å². The fourth-order valence-corrected chi connectivity index (χ4v) is 2.38. The third-order valence-corrected chi connectivity index (χ3v) is 3.21. The van der Waals surface area contributed by atoms with Gasteiger partial charge in [-0.3, -0.25) is 4.79 Å². The van der Waals surface area contributed by atoms with Crippen molar-refractivity contribution in [1.82, 2.24) is 4.90 Å².